The van der Waals surface area contributed by atoms with Gasteiger partial charge in [0.15, 0.2) is 0 Å². The fraction of sp³-hybridized carbons (Fsp3) is 0.600. The van der Waals surface area contributed by atoms with Crippen LogP contribution in [0.4, 0.5) is 0 Å². The Morgan fingerprint density at radius 2 is 1.78 bits per heavy atom. The highest BCUT2D eigenvalue weighted by atomic mass is 16.2. The van der Waals surface area contributed by atoms with E-state index in [0.29, 0.717) is 12.8 Å². The molecule has 0 saturated heterocycles. The summed E-state index contributed by atoms with van der Waals surface area (Å²) in [7, 11) is 0. The van der Waals surface area contributed by atoms with Crippen LogP contribution in [0.1, 0.15) is 12.8 Å². The Hall–Kier alpha value is -0.900. The van der Waals surface area contributed by atoms with E-state index in [1.165, 1.54) is 0 Å². The molecule has 0 aliphatic heterocycles. The van der Waals surface area contributed by atoms with Crippen LogP contribution in [0.5, 0.6) is 0 Å². The van der Waals surface area contributed by atoms with Gasteiger partial charge < -0.3 is 11.5 Å². The molecule has 0 heterocycles. The van der Waals surface area contributed by atoms with Crippen molar-refractivity contribution in [3.8, 4) is 0 Å². The molecule has 0 atom stereocenters. The van der Waals surface area contributed by atoms with Gasteiger partial charge in [0.25, 0.3) is 5.91 Å². The average molecular weight is 128 g/mol. The maximum Gasteiger partial charge on any atom is 0.286 e. The second kappa shape index (κ2) is 1.54. The van der Waals surface area contributed by atoms with Crippen molar-refractivity contribution in [1.29, 1.82) is 0 Å². The van der Waals surface area contributed by atoms with Crippen molar-refractivity contribution in [2.24, 2.45) is 11.5 Å². The van der Waals surface area contributed by atoms with Crippen LogP contribution in [0.25, 0.3) is 0 Å². The first-order valence-electron chi connectivity index (χ1n) is 2.69. The third-order valence-corrected chi connectivity index (χ3v) is 1.46. The van der Waals surface area contributed by atoms with Gasteiger partial charge in [-0.05, 0) is 12.8 Å². The van der Waals surface area contributed by atoms with Crippen LogP contribution in [0.2, 0.25) is 0 Å². The van der Waals surface area contributed by atoms with E-state index >= 15 is 0 Å². The van der Waals surface area contributed by atoms with Gasteiger partial charge in [0.2, 0.25) is 5.78 Å². The molecule has 9 heavy (non-hydrogen) atoms. The minimum absolute atomic E-state index is 0.592. The second-order valence-corrected chi connectivity index (χ2v) is 2.35. The topological polar surface area (TPSA) is 86.2 Å². The maximum atomic E-state index is 10.6. The van der Waals surface area contributed by atoms with E-state index in [1.54, 1.807) is 0 Å². The minimum Gasteiger partial charge on any atom is -0.363 e. The highest BCUT2D eigenvalue weighted by molar-refractivity contribution is 6.39. The summed E-state index contributed by atoms with van der Waals surface area (Å²) in [5.41, 5.74) is 9.15. The van der Waals surface area contributed by atoms with E-state index in [1.807, 2.05) is 0 Å². The highest BCUT2D eigenvalue weighted by Crippen LogP contribution is 2.32. The molecule has 1 rings (SSSR count). The highest BCUT2D eigenvalue weighted by Gasteiger charge is 2.47. The number of hydrogen-bond acceptors (Lipinski definition) is 3. The molecule has 0 aromatic heterocycles. The first-order chi connectivity index (χ1) is 4.06. The number of amides is 1. The van der Waals surface area contributed by atoms with Crippen LogP contribution in [0.15, 0.2) is 0 Å². The molecule has 1 fully saturated rings. The van der Waals surface area contributed by atoms with Gasteiger partial charge in [-0.2, -0.15) is 0 Å². The van der Waals surface area contributed by atoms with E-state index < -0.39 is 17.2 Å². The molecular formula is C5H8N2O2. The summed E-state index contributed by atoms with van der Waals surface area (Å²) < 4.78 is 0. The number of nitrogens with two attached hydrogens (primary N) is 2. The molecule has 1 amide bonds. The molecule has 4 N–H and O–H groups in total. The molecule has 0 bridgehead atoms. The zero-order valence-electron chi connectivity index (χ0n) is 4.89. The predicted octanol–water partition coefficient (Wildman–Crippen LogP) is -1.47. The molecule has 4 nitrogen and oxygen atoms in total. The monoisotopic (exact) mass is 128 g/mol. The summed E-state index contributed by atoms with van der Waals surface area (Å²) in [4.78, 5) is 20.8. The van der Waals surface area contributed by atoms with Crippen LogP contribution < -0.4 is 11.5 Å². The lowest BCUT2D eigenvalue weighted by Crippen LogP contribution is -2.41. The number of carbonyl (C=O) groups excluding carboxylic acids is 2. The smallest absolute Gasteiger partial charge is 0.286 e. The lowest BCUT2D eigenvalue weighted by atomic mass is 10.2. The first-order valence-corrected chi connectivity index (χ1v) is 2.69. The van der Waals surface area contributed by atoms with Gasteiger partial charge in [0, 0.05) is 0 Å². The normalized spacial score (nSPS) is 21.0. The van der Waals surface area contributed by atoms with Gasteiger partial charge in [-0.15, -0.1) is 0 Å². The van der Waals surface area contributed by atoms with Crippen molar-refractivity contribution in [3.63, 3.8) is 0 Å². The third kappa shape index (κ3) is 0.929. The van der Waals surface area contributed by atoms with Crippen molar-refractivity contribution in [3.05, 3.63) is 0 Å². The lowest BCUT2D eigenvalue weighted by Gasteiger charge is -2.00. The predicted molar refractivity (Wildman–Crippen MR) is 30.4 cm³/mol. The van der Waals surface area contributed by atoms with Crippen LogP contribution in [-0.4, -0.2) is 17.2 Å². The number of rotatable bonds is 2. The molecule has 0 aromatic rings. The number of hydrogen-bond donors (Lipinski definition) is 2. The van der Waals surface area contributed by atoms with Gasteiger partial charge in [0.05, 0.1) is 5.54 Å². The number of carbonyl (C=O) groups is 2. The molecule has 1 saturated carbocycles. The molecule has 0 radical (unpaired) electrons. The zero-order chi connectivity index (χ0) is 7.07. The van der Waals surface area contributed by atoms with E-state index in [-0.39, 0.29) is 0 Å². The quantitative estimate of drug-likeness (QED) is 0.445. The Morgan fingerprint density at radius 1 is 1.33 bits per heavy atom. The average Bonchev–Trinajstić information content (AvgIpc) is 2.47. The van der Waals surface area contributed by atoms with Crippen LogP contribution in [-0.2, 0) is 9.59 Å². The molecule has 1 aliphatic rings. The van der Waals surface area contributed by atoms with Crippen LogP contribution >= 0.6 is 0 Å². The molecule has 0 unspecified atom stereocenters. The van der Waals surface area contributed by atoms with Gasteiger partial charge in [-0.1, -0.05) is 0 Å². The SMILES string of the molecule is NC(=O)C(=O)C1(N)CC1. The third-order valence-electron chi connectivity index (χ3n) is 1.46. The Morgan fingerprint density at radius 3 is 1.89 bits per heavy atom. The number of primary amides is 1. The van der Waals surface area contributed by atoms with E-state index in [9.17, 15) is 9.59 Å². The van der Waals surface area contributed by atoms with Gasteiger partial charge in [-0.25, -0.2) is 0 Å². The molecule has 4 heteroatoms. The molecule has 1 aliphatic carbocycles. The summed E-state index contributed by atoms with van der Waals surface area (Å²) in [5.74, 6) is -1.56. The summed E-state index contributed by atoms with van der Waals surface area (Å²) in [6, 6.07) is 0. The molecular weight excluding hydrogens is 120 g/mol. The number of ketones is 1. The second-order valence-electron chi connectivity index (χ2n) is 2.35. The molecule has 0 aromatic carbocycles. The fourth-order valence-electron chi connectivity index (χ4n) is 0.607. The number of Topliss-reactive ketones (excluding diaryl/α,β-unsaturated/α-hetero) is 1. The van der Waals surface area contributed by atoms with Crippen molar-refractivity contribution in [1.82, 2.24) is 0 Å². The summed E-state index contributed by atoms with van der Waals surface area (Å²) in [6.45, 7) is 0. The van der Waals surface area contributed by atoms with Gasteiger partial charge in [-0.3, -0.25) is 9.59 Å². The van der Waals surface area contributed by atoms with Crippen molar-refractivity contribution < 1.29 is 9.59 Å². The van der Waals surface area contributed by atoms with Crippen molar-refractivity contribution in [2.75, 3.05) is 0 Å². The first kappa shape index (κ1) is 6.22. The summed E-state index contributed by atoms with van der Waals surface area (Å²) >= 11 is 0. The maximum absolute atomic E-state index is 10.6. The van der Waals surface area contributed by atoms with Crippen molar-refractivity contribution >= 4 is 11.7 Å². The Kier molecular flexibility index (Phi) is 1.06. The Labute approximate surface area is 52.2 Å². The van der Waals surface area contributed by atoms with Crippen molar-refractivity contribution in [2.45, 2.75) is 18.4 Å². The van der Waals surface area contributed by atoms with Gasteiger partial charge >= 0.3 is 0 Å². The van der Waals surface area contributed by atoms with E-state index in [0.717, 1.165) is 0 Å². The van der Waals surface area contributed by atoms with Gasteiger partial charge in [0.1, 0.15) is 0 Å². The largest absolute Gasteiger partial charge is 0.363 e. The molecule has 0 spiro atoms. The lowest BCUT2D eigenvalue weighted by molar-refractivity contribution is -0.137. The summed E-state index contributed by atoms with van der Waals surface area (Å²) in [6.07, 6.45) is 1.18. The Bertz CT molecular complexity index is 172. The summed E-state index contributed by atoms with van der Waals surface area (Å²) in [5, 5.41) is 0. The minimum atomic E-state index is -0.921. The Balaban J connectivity index is 2.63. The molecule has 50 valence electrons. The fourth-order valence-corrected chi connectivity index (χ4v) is 0.607. The van der Waals surface area contributed by atoms with Crippen LogP contribution in [0, 0.1) is 0 Å². The van der Waals surface area contributed by atoms with Crippen LogP contribution in [0.3, 0.4) is 0 Å². The van der Waals surface area contributed by atoms with E-state index in [2.05, 4.69) is 0 Å². The standard InChI is InChI=1S/C5H8N2O2/c6-4(9)3(8)5(7)1-2-5/h1-2,7H2,(H2,6,9). The van der Waals surface area contributed by atoms with E-state index in [4.69, 9.17) is 11.5 Å². The zero-order valence-corrected chi connectivity index (χ0v) is 4.89.